The Balaban J connectivity index is 0.00000128. The Labute approximate surface area is 102 Å². The van der Waals surface area contributed by atoms with Crippen molar-refractivity contribution in [2.24, 2.45) is 0 Å². The Morgan fingerprint density at radius 3 is 2.81 bits per heavy atom. The van der Waals surface area contributed by atoms with E-state index in [0.29, 0.717) is 6.61 Å². The average Bonchev–Trinajstić information content (AvgIpc) is 2.66. The molecular formula is C10H19ClN2O3. The van der Waals surface area contributed by atoms with Crippen LogP contribution in [0.2, 0.25) is 0 Å². The molecule has 16 heavy (non-hydrogen) atoms. The number of nitrogens with one attached hydrogen (secondary N) is 1. The van der Waals surface area contributed by atoms with Crippen LogP contribution in [0.15, 0.2) is 0 Å². The van der Waals surface area contributed by atoms with Crippen LogP contribution in [0, 0.1) is 0 Å². The van der Waals surface area contributed by atoms with E-state index in [0.717, 1.165) is 26.1 Å². The fourth-order valence-electron chi connectivity index (χ4n) is 1.70. The largest absolute Gasteiger partial charge is 0.379 e. The van der Waals surface area contributed by atoms with Crippen LogP contribution in [-0.2, 0) is 14.3 Å². The van der Waals surface area contributed by atoms with Crippen LogP contribution >= 0.6 is 12.4 Å². The lowest BCUT2D eigenvalue weighted by molar-refractivity contribution is -0.140. The van der Waals surface area contributed by atoms with Gasteiger partial charge in [-0.25, -0.2) is 0 Å². The Hall–Kier alpha value is -0.360. The highest BCUT2D eigenvalue weighted by Crippen LogP contribution is 2.11. The predicted molar refractivity (Wildman–Crippen MR) is 61.9 cm³/mol. The molecule has 1 N–H and O–H groups in total. The molecular weight excluding hydrogens is 232 g/mol. The third-order valence-electron chi connectivity index (χ3n) is 3.03. The molecule has 2 saturated heterocycles. The normalized spacial score (nSPS) is 24.7. The van der Waals surface area contributed by atoms with Crippen molar-refractivity contribution < 1.29 is 14.3 Å². The molecule has 0 radical (unpaired) electrons. The second-order valence-corrected chi connectivity index (χ2v) is 4.11. The summed E-state index contributed by atoms with van der Waals surface area (Å²) >= 11 is 0. The molecule has 1 unspecified atom stereocenters. The molecule has 94 valence electrons. The van der Waals surface area contributed by atoms with Crippen molar-refractivity contribution >= 4 is 18.3 Å². The van der Waals surface area contributed by atoms with E-state index in [-0.39, 0.29) is 37.1 Å². The first kappa shape index (κ1) is 13.7. The van der Waals surface area contributed by atoms with Gasteiger partial charge in [0.15, 0.2) is 0 Å². The number of likely N-dealkylation sites (N-methyl/N-ethyl adjacent to an activating group) is 1. The van der Waals surface area contributed by atoms with E-state index in [1.54, 1.807) is 4.90 Å². The third kappa shape index (κ3) is 3.31. The molecule has 0 aliphatic carbocycles. The van der Waals surface area contributed by atoms with Crippen LogP contribution in [0.5, 0.6) is 0 Å². The molecule has 0 aromatic carbocycles. The van der Waals surface area contributed by atoms with E-state index in [1.165, 1.54) is 0 Å². The fourth-order valence-corrected chi connectivity index (χ4v) is 1.70. The topological polar surface area (TPSA) is 50.8 Å². The highest BCUT2D eigenvalue weighted by molar-refractivity contribution is 5.85. The molecule has 2 aliphatic heterocycles. The smallest absolute Gasteiger partial charge is 0.248 e. The van der Waals surface area contributed by atoms with Crippen molar-refractivity contribution in [1.82, 2.24) is 10.2 Å². The molecule has 2 fully saturated rings. The molecule has 0 spiro atoms. The molecule has 2 rings (SSSR count). The fraction of sp³-hybridized carbons (Fsp3) is 0.900. The first-order valence-corrected chi connectivity index (χ1v) is 5.43. The Bertz CT molecular complexity index is 230. The van der Waals surface area contributed by atoms with Crippen LogP contribution < -0.4 is 5.32 Å². The zero-order chi connectivity index (χ0) is 10.7. The van der Waals surface area contributed by atoms with Crippen LogP contribution in [0.1, 0.15) is 6.42 Å². The van der Waals surface area contributed by atoms with Gasteiger partial charge in [0.1, 0.15) is 6.61 Å². The first-order chi connectivity index (χ1) is 7.27. The van der Waals surface area contributed by atoms with Crippen LogP contribution in [0.25, 0.3) is 0 Å². The minimum absolute atomic E-state index is 0. The number of nitrogens with zero attached hydrogens (tertiary/aromatic N) is 1. The summed E-state index contributed by atoms with van der Waals surface area (Å²) in [5, 5.41) is 3.10. The number of amides is 1. The highest BCUT2D eigenvalue weighted by atomic mass is 35.5. The molecule has 0 aromatic rings. The highest BCUT2D eigenvalue weighted by Gasteiger charge is 2.25. The number of ether oxygens (including phenoxy) is 2. The lowest BCUT2D eigenvalue weighted by Crippen LogP contribution is -2.50. The standard InChI is InChI=1S/C10H18N2O3.ClH/c1-12(8-2-3-14-6-8)10(13)7-15-9-4-11-5-9;/h8-9,11H,2-7H2,1H3;1H. The van der Waals surface area contributed by atoms with Crippen molar-refractivity contribution in [3.8, 4) is 0 Å². The molecule has 1 amide bonds. The maximum Gasteiger partial charge on any atom is 0.248 e. The van der Waals surface area contributed by atoms with Crippen molar-refractivity contribution in [3.63, 3.8) is 0 Å². The predicted octanol–water partition coefficient (Wildman–Crippen LogP) is -0.356. The number of hydrogen-bond acceptors (Lipinski definition) is 4. The van der Waals surface area contributed by atoms with Crippen LogP contribution in [0.3, 0.4) is 0 Å². The van der Waals surface area contributed by atoms with Crippen molar-refractivity contribution in [2.45, 2.75) is 18.6 Å². The molecule has 0 aromatic heterocycles. The number of hydrogen-bond donors (Lipinski definition) is 1. The molecule has 1 atom stereocenters. The van der Waals surface area contributed by atoms with Crippen molar-refractivity contribution in [2.75, 3.05) is 40.0 Å². The van der Waals surface area contributed by atoms with E-state index in [4.69, 9.17) is 9.47 Å². The van der Waals surface area contributed by atoms with Gasteiger partial charge in [0, 0.05) is 26.7 Å². The summed E-state index contributed by atoms with van der Waals surface area (Å²) in [6.07, 6.45) is 1.16. The van der Waals surface area contributed by atoms with Gasteiger partial charge in [0.2, 0.25) is 5.91 Å². The number of halogens is 1. The summed E-state index contributed by atoms with van der Waals surface area (Å²) in [5.74, 6) is 0.0531. The average molecular weight is 251 g/mol. The van der Waals surface area contributed by atoms with Crippen molar-refractivity contribution in [1.29, 1.82) is 0 Å². The van der Waals surface area contributed by atoms with Gasteiger partial charge < -0.3 is 19.7 Å². The second kappa shape index (κ2) is 6.39. The summed E-state index contributed by atoms with van der Waals surface area (Å²) in [4.78, 5) is 13.4. The lowest BCUT2D eigenvalue weighted by atomic mass is 10.2. The van der Waals surface area contributed by atoms with Gasteiger partial charge in [-0.3, -0.25) is 4.79 Å². The Kier molecular flexibility index (Phi) is 5.48. The number of rotatable bonds is 4. The van der Waals surface area contributed by atoms with Gasteiger partial charge in [-0.05, 0) is 6.42 Å². The van der Waals surface area contributed by atoms with Gasteiger partial charge in [-0.1, -0.05) is 0 Å². The molecule has 6 heteroatoms. The Morgan fingerprint density at radius 1 is 1.56 bits per heavy atom. The Morgan fingerprint density at radius 2 is 2.31 bits per heavy atom. The van der Waals surface area contributed by atoms with Gasteiger partial charge in [0.25, 0.3) is 0 Å². The van der Waals surface area contributed by atoms with Crippen LogP contribution in [0.4, 0.5) is 0 Å². The zero-order valence-corrected chi connectivity index (χ0v) is 10.3. The summed E-state index contributed by atoms with van der Waals surface area (Å²) < 4.78 is 10.7. The van der Waals surface area contributed by atoms with Gasteiger partial charge in [-0.15, -0.1) is 12.4 Å². The monoisotopic (exact) mass is 250 g/mol. The lowest BCUT2D eigenvalue weighted by Gasteiger charge is -2.29. The number of carbonyl (C=O) groups is 1. The summed E-state index contributed by atoms with van der Waals surface area (Å²) in [6.45, 7) is 3.34. The maximum absolute atomic E-state index is 11.7. The first-order valence-electron chi connectivity index (χ1n) is 5.43. The van der Waals surface area contributed by atoms with Gasteiger partial charge >= 0.3 is 0 Å². The van der Waals surface area contributed by atoms with Crippen molar-refractivity contribution in [3.05, 3.63) is 0 Å². The van der Waals surface area contributed by atoms with E-state index < -0.39 is 0 Å². The molecule has 5 nitrogen and oxygen atoms in total. The quantitative estimate of drug-likeness (QED) is 0.741. The second-order valence-electron chi connectivity index (χ2n) is 4.11. The zero-order valence-electron chi connectivity index (χ0n) is 9.48. The summed E-state index contributed by atoms with van der Waals surface area (Å²) in [5.41, 5.74) is 0. The third-order valence-corrected chi connectivity index (χ3v) is 3.03. The van der Waals surface area contributed by atoms with E-state index in [2.05, 4.69) is 5.32 Å². The minimum atomic E-state index is 0. The number of carbonyl (C=O) groups excluding carboxylic acids is 1. The molecule has 0 bridgehead atoms. The SMILES string of the molecule is CN(C(=O)COC1CNC1)C1CCOC1.Cl. The van der Waals surface area contributed by atoms with Gasteiger partial charge in [-0.2, -0.15) is 0 Å². The van der Waals surface area contributed by atoms with Gasteiger partial charge in [0.05, 0.1) is 18.8 Å². The minimum Gasteiger partial charge on any atom is -0.379 e. The van der Waals surface area contributed by atoms with E-state index in [9.17, 15) is 4.79 Å². The summed E-state index contributed by atoms with van der Waals surface area (Å²) in [7, 11) is 1.82. The van der Waals surface area contributed by atoms with E-state index >= 15 is 0 Å². The molecule has 0 saturated carbocycles. The van der Waals surface area contributed by atoms with Crippen LogP contribution in [-0.4, -0.2) is 62.9 Å². The maximum atomic E-state index is 11.7. The molecule has 2 heterocycles. The molecule has 2 aliphatic rings. The summed E-state index contributed by atoms with van der Waals surface area (Å²) in [6, 6.07) is 0.237. The van der Waals surface area contributed by atoms with E-state index in [1.807, 2.05) is 7.05 Å².